The zero-order valence-corrected chi connectivity index (χ0v) is 62.8. The van der Waals surface area contributed by atoms with Gasteiger partial charge in [0.15, 0.2) is 0 Å². The van der Waals surface area contributed by atoms with E-state index in [0.717, 1.165) is 39.9 Å². The molecule has 6 aromatic rings. The maximum atomic E-state index is 10.5. The Bertz CT molecular complexity index is 6850. The van der Waals surface area contributed by atoms with Crippen molar-refractivity contribution in [3.8, 4) is 410 Å². The molecule has 5 nitrogen and oxygen atoms in total. The molecule has 0 heterocycles. The minimum absolute atomic E-state index is 0. The molecule has 0 spiro atoms. The van der Waals surface area contributed by atoms with Gasteiger partial charge in [-0.2, -0.15) is 0 Å². The second-order valence-electron chi connectivity index (χ2n) is 20.4. The SMILES string of the molecule is C.C.C#CC#CC#CC#CC#CC#CC#CC#CC#CC#CC#COc1ccc(C(Cl)c2ccc(C)cc2)cc1.C#CC#CC#CC#CC#CC#CC#CC#CC#CC#CC#COc1ccc(C(NCC)c2ccc(C)cc2)cc1.C#CC#CC#CC#CC#CC#CC#CC#CC#CC#CC#COc1ccc(C(O)c2ccc(C)cc2)cc1.[HH].[HH].[HH].[HH].[HH].[HH].[HH].[HH].[HH].[HH].[HH].[HH].[HH].[HH].[HH].[HH].[HH].[HH].[HH].[HH].[HH].[HH].[HH].[HH].[HH].[HH].[HH].[HH].[HH].[HH].[HH].[HH].[HH].[HH].[HH].[HH].[HH].[HH].[HH].[HH].[HH].[HH].[HH].[HH].[HH].[HH].[HH].[HH].[HH].[HH].[HH].[HH].[HH].[HH].[HH].[HH].[HH].[HH].[HH].[HH].[HH].[HH].[HH].[HH].[HH].[HH]. The van der Waals surface area contributed by atoms with Crippen LogP contribution in [0, 0.1) is 414 Å². The van der Waals surface area contributed by atoms with E-state index < -0.39 is 6.10 Å². The maximum Gasteiger partial charge on any atom is 0.140 e. The fraction of sp³-hybridized carbons (Fsp3) is 0.0893. The third-order valence-electron chi connectivity index (χ3n) is 12.4. The standard InChI is InChI=1S/C38H19NO.C36H13ClO.C36H14O2.2CH4.66H2/c1-4-6-7-8-9-10-11-12-13-14-15-16-17-18-19-20-21-22-23-24-33-40-37-31-29-36(30-32-37)38(39-5-2)35-27-25-34(3)26-28-35;2*1-3-4-5-6-7-8-9-10-11-12-13-14-15-16-17-18-19-20-21-22-31-38-35-29-27-34(28-30-35)36(37)33-25-23-32(2)24-26-33;;;;;;;;;;;;;;;;;;;;;;;;;;;;;;;;;;;;;;;;;;;;;;;;;;;;;;;;;;;;;;;;;;;;/h1,25-32,38-39H,5H2,2-3H3;1,23-30,36H,2H3;1,23-30,36-37H,2H3;2*1H4;66*1H. The van der Waals surface area contributed by atoms with Crippen LogP contribution in [0.4, 0.5) is 0 Å². The van der Waals surface area contributed by atoms with Gasteiger partial charge < -0.3 is 24.6 Å². The quantitative estimate of drug-likeness (QED) is 0.1000. The zero-order valence-electron chi connectivity index (χ0n) is 62.1. The first-order valence-corrected chi connectivity index (χ1v) is 33.5. The van der Waals surface area contributed by atoms with Gasteiger partial charge in [-0.1, -0.05) is 148 Å². The third-order valence-corrected chi connectivity index (χ3v) is 12.9. The van der Waals surface area contributed by atoms with Crippen molar-refractivity contribution in [2.45, 2.75) is 60.1 Å². The summed E-state index contributed by atoms with van der Waals surface area (Å²) < 4.78 is 16.1. The molecule has 0 aliphatic carbocycles. The van der Waals surface area contributed by atoms with E-state index in [1.165, 1.54) is 16.7 Å². The highest BCUT2D eigenvalue weighted by atomic mass is 35.5. The van der Waals surface area contributed by atoms with Gasteiger partial charge in [-0.15, -0.1) is 30.9 Å². The van der Waals surface area contributed by atoms with Gasteiger partial charge in [0, 0.05) is 307 Å². The Labute approximate surface area is 801 Å². The predicted octanol–water partition coefficient (Wildman–Crippen LogP) is 28.6. The highest BCUT2D eigenvalue weighted by molar-refractivity contribution is 6.22. The maximum absolute atomic E-state index is 10.5. The molecule has 0 saturated carbocycles. The molecule has 0 amide bonds. The third kappa shape index (κ3) is 47.2. The summed E-state index contributed by atoms with van der Waals surface area (Å²) in [6.45, 7) is 9.07. The van der Waals surface area contributed by atoms with Gasteiger partial charge in [0.05, 0.1) is 11.4 Å². The summed E-state index contributed by atoms with van der Waals surface area (Å²) in [6, 6.07) is 46.7. The highest BCUT2D eigenvalue weighted by Gasteiger charge is 2.14. The molecule has 0 bridgehead atoms. The van der Waals surface area contributed by atoms with Crippen LogP contribution >= 0.6 is 11.6 Å². The molecule has 0 aliphatic heterocycles. The van der Waals surface area contributed by atoms with Gasteiger partial charge in [0.2, 0.25) is 0 Å². The summed E-state index contributed by atoms with van der Waals surface area (Å²) in [7, 11) is 0. The Hall–Kier alpha value is -19.6. The number of hydrogen-bond acceptors (Lipinski definition) is 5. The minimum atomic E-state index is -0.708. The van der Waals surface area contributed by atoms with E-state index >= 15 is 0 Å². The molecule has 0 radical (unpaired) electrons. The van der Waals surface area contributed by atoms with E-state index in [-0.39, 0.29) is 120 Å². The Balaban J connectivity index is -0.0000000155. The summed E-state index contributed by atoms with van der Waals surface area (Å²) >= 11 is 6.56. The van der Waals surface area contributed by atoms with Gasteiger partial charge in [0.1, 0.15) is 41.7 Å². The van der Waals surface area contributed by atoms with E-state index in [2.05, 4.69) is 417 Å². The number of benzene rings is 6. The van der Waals surface area contributed by atoms with Crippen molar-refractivity contribution in [3.05, 3.63) is 196 Å². The van der Waals surface area contributed by atoms with Crippen molar-refractivity contribution in [2.24, 2.45) is 0 Å². The number of rotatable bonds is 11. The molecule has 0 saturated heterocycles. The number of terminal acetylenes is 3. The lowest BCUT2D eigenvalue weighted by molar-refractivity contribution is 0.220. The topological polar surface area (TPSA) is 60.0 Å². The Morgan fingerprint density at radius 1 is 0.263 bits per heavy atom. The van der Waals surface area contributed by atoms with Crippen LogP contribution in [-0.2, 0) is 0 Å². The summed E-state index contributed by atoms with van der Waals surface area (Å²) in [5.41, 5.74) is 9.50. The van der Waals surface area contributed by atoms with Crippen molar-refractivity contribution in [1.82, 2.24) is 5.32 Å². The molecular weight excluding hydrogens is 1460 g/mol. The first-order valence-electron chi connectivity index (χ1n) is 33.1. The average molecular weight is 1650 g/mol. The van der Waals surface area contributed by atoms with Gasteiger partial charge in [0.25, 0.3) is 0 Å². The summed E-state index contributed by atoms with van der Waals surface area (Å²) in [4.78, 5) is 0. The van der Waals surface area contributed by atoms with Crippen molar-refractivity contribution < 1.29 is 113 Å². The Kier molecular flexibility index (Phi) is 52.6. The summed E-state index contributed by atoms with van der Waals surface area (Å²) in [6.07, 6.45) is 21.7. The number of halogens is 1. The Morgan fingerprint density at radius 2 is 0.424 bits per heavy atom. The largest absolute Gasteiger partial charge is 0.407 e. The van der Waals surface area contributed by atoms with Crippen LogP contribution in [0.2, 0.25) is 0 Å². The van der Waals surface area contributed by atoms with Crippen molar-refractivity contribution in [1.29, 1.82) is 0 Å². The molecule has 0 aromatic heterocycles. The summed E-state index contributed by atoms with van der Waals surface area (Å²) in [5, 5.41) is 13.8. The number of nitrogens with one attached hydrogen (secondary N) is 1. The van der Waals surface area contributed by atoms with Gasteiger partial charge in [-0.05, 0) is 239 Å². The van der Waals surface area contributed by atoms with Crippen LogP contribution in [0.5, 0.6) is 17.2 Å². The van der Waals surface area contributed by atoms with E-state index in [1.54, 1.807) is 36.4 Å². The van der Waals surface area contributed by atoms with Crippen LogP contribution in [-0.4, -0.2) is 11.7 Å². The van der Waals surface area contributed by atoms with Crippen LogP contribution in [0.1, 0.15) is 184 Å². The van der Waals surface area contributed by atoms with Crippen LogP contribution < -0.4 is 19.5 Å². The molecular formula is C112H186ClNO4. The molecule has 0 fully saturated rings. The lowest BCUT2D eigenvalue weighted by atomic mass is 9.98. The normalized spacial score (nSPS) is 7.55. The molecule has 3 atom stereocenters. The number of ether oxygens (including phenoxy) is 3. The lowest BCUT2D eigenvalue weighted by Crippen LogP contribution is -2.21. The Morgan fingerprint density at radius 3 is 0.627 bits per heavy atom. The highest BCUT2D eigenvalue weighted by Crippen LogP contribution is 2.30. The van der Waals surface area contributed by atoms with E-state index in [4.69, 9.17) is 45.1 Å². The van der Waals surface area contributed by atoms with Crippen LogP contribution in [0.15, 0.2) is 146 Å². The number of aliphatic hydroxyl groups excluding tert-OH is 1. The first kappa shape index (κ1) is 94.5. The van der Waals surface area contributed by atoms with Gasteiger partial charge in [-0.3, -0.25) is 0 Å². The monoisotopic (exact) mass is 1640 g/mol. The molecule has 6 heteroatoms. The van der Waals surface area contributed by atoms with Crippen molar-refractivity contribution >= 4 is 11.6 Å². The number of aryl methyl sites for hydroxylation is 3. The number of alkyl halides is 1. The van der Waals surface area contributed by atoms with Gasteiger partial charge >= 0.3 is 0 Å². The zero-order chi connectivity index (χ0) is 82.7. The number of hydrogen-bond donors (Lipinski definition) is 2. The smallest absolute Gasteiger partial charge is 0.140 e. The van der Waals surface area contributed by atoms with Crippen molar-refractivity contribution in [2.75, 3.05) is 6.54 Å². The predicted molar refractivity (Wildman–Crippen MR) is 615 cm³/mol. The fourth-order valence-corrected chi connectivity index (χ4v) is 7.73. The average Bonchev–Trinajstić information content (AvgIpc) is 0.825. The minimum Gasteiger partial charge on any atom is -0.407 e. The van der Waals surface area contributed by atoms with Crippen LogP contribution in [0.25, 0.3) is 0 Å². The van der Waals surface area contributed by atoms with Crippen LogP contribution in [0.3, 0.4) is 0 Å². The molecule has 6 aromatic carbocycles. The second kappa shape index (κ2) is 65.7. The fourth-order valence-electron chi connectivity index (χ4n) is 7.44. The van der Waals surface area contributed by atoms with E-state index in [0.29, 0.717) is 17.2 Å². The molecule has 6 rings (SSSR count). The molecule has 3 unspecified atom stereocenters. The first-order chi connectivity index (χ1) is 57.1. The number of aliphatic hydroxyl groups is 1. The second-order valence-corrected chi connectivity index (χ2v) is 20.8. The summed E-state index contributed by atoms with van der Waals surface area (Å²) in [5.74, 6) is 151. The van der Waals surface area contributed by atoms with E-state index in [9.17, 15) is 5.11 Å². The van der Waals surface area contributed by atoms with E-state index in [1.807, 2.05) is 98.8 Å². The molecule has 118 heavy (non-hydrogen) atoms. The lowest BCUT2D eigenvalue weighted by Gasteiger charge is -2.19. The molecule has 0 aliphatic rings. The van der Waals surface area contributed by atoms with Crippen molar-refractivity contribution in [3.63, 3.8) is 0 Å². The molecule has 670 valence electrons. The molecule has 2 N–H and O–H groups in total. The van der Waals surface area contributed by atoms with Gasteiger partial charge in [-0.25, -0.2) is 0 Å².